The third-order valence-corrected chi connectivity index (χ3v) is 6.95. The Balaban J connectivity index is 1.78. The molecule has 122 valence electrons. The molecule has 2 fully saturated rings. The van der Waals surface area contributed by atoms with Crippen LogP contribution in [-0.2, 0) is 14.8 Å². The van der Waals surface area contributed by atoms with E-state index in [0.717, 1.165) is 38.5 Å². The normalized spacial score (nSPS) is 23.2. The number of carboxylic acid groups (broad SMARTS) is 1. The Labute approximate surface area is 127 Å². The molecule has 0 bridgehead atoms. The van der Waals surface area contributed by atoms with Crippen molar-refractivity contribution >= 4 is 16.0 Å². The van der Waals surface area contributed by atoms with Gasteiger partial charge in [-0.3, -0.25) is 4.79 Å². The van der Waals surface area contributed by atoms with E-state index in [1.165, 1.54) is 6.42 Å². The Kier molecular flexibility index (Phi) is 6.05. The minimum absolute atomic E-state index is 0.194. The van der Waals surface area contributed by atoms with Crippen LogP contribution < -0.4 is 0 Å². The first-order valence-electron chi connectivity index (χ1n) is 8.17. The van der Waals surface area contributed by atoms with Crippen molar-refractivity contribution in [2.24, 2.45) is 11.8 Å². The number of aliphatic carboxylic acids is 1. The number of rotatable bonds is 6. The Morgan fingerprint density at radius 3 is 2.19 bits per heavy atom. The van der Waals surface area contributed by atoms with E-state index in [9.17, 15) is 13.2 Å². The van der Waals surface area contributed by atoms with Crippen molar-refractivity contribution in [3.05, 3.63) is 0 Å². The topological polar surface area (TPSA) is 74.7 Å². The summed E-state index contributed by atoms with van der Waals surface area (Å²) in [5.41, 5.74) is 0. The lowest BCUT2D eigenvalue weighted by Gasteiger charge is -2.32. The van der Waals surface area contributed by atoms with Gasteiger partial charge in [-0.05, 0) is 43.9 Å². The van der Waals surface area contributed by atoms with Gasteiger partial charge in [0.25, 0.3) is 0 Å². The van der Waals surface area contributed by atoms with Crippen LogP contribution in [0.2, 0.25) is 0 Å². The molecule has 6 heteroatoms. The number of carboxylic acids is 1. The molecular formula is C15H27NO4S. The second kappa shape index (κ2) is 7.58. The van der Waals surface area contributed by atoms with E-state index in [-0.39, 0.29) is 6.42 Å². The van der Waals surface area contributed by atoms with Crippen molar-refractivity contribution in [2.45, 2.75) is 57.8 Å². The van der Waals surface area contributed by atoms with E-state index in [1.807, 2.05) is 0 Å². The van der Waals surface area contributed by atoms with Crippen molar-refractivity contribution in [1.82, 2.24) is 4.31 Å². The third kappa shape index (κ3) is 5.25. The van der Waals surface area contributed by atoms with E-state index in [2.05, 4.69) is 0 Å². The summed E-state index contributed by atoms with van der Waals surface area (Å²) in [5, 5.41) is 8.70. The van der Waals surface area contributed by atoms with Gasteiger partial charge in [-0.25, -0.2) is 12.7 Å². The van der Waals surface area contributed by atoms with Crippen LogP contribution in [0, 0.1) is 11.8 Å². The fourth-order valence-corrected chi connectivity index (χ4v) is 5.47. The maximum absolute atomic E-state index is 12.5. The highest BCUT2D eigenvalue weighted by Crippen LogP contribution is 2.28. The average Bonchev–Trinajstić information content (AvgIpc) is 2.46. The van der Waals surface area contributed by atoms with Gasteiger partial charge in [0, 0.05) is 19.5 Å². The van der Waals surface area contributed by atoms with Gasteiger partial charge in [-0.15, -0.1) is 0 Å². The standard InChI is InChI=1S/C15H27NO4S/c17-15(18)7-6-13-8-10-16(11-9-13)21(19,20)12-14-4-2-1-3-5-14/h13-14H,1-12H2,(H,17,18). The zero-order valence-corrected chi connectivity index (χ0v) is 13.5. The summed E-state index contributed by atoms with van der Waals surface area (Å²) in [5.74, 6) is 0.255. The molecule has 0 unspecified atom stereocenters. The van der Waals surface area contributed by atoms with Crippen LogP contribution in [-0.4, -0.2) is 42.6 Å². The molecule has 0 atom stereocenters. The van der Waals surface area contributed by atoms with Crippen LogP contribution in [0.3, 0.4) is 0 Å². The predicted octanol–water partition coefficient (Wildman–Crippen LogP) is 2.47. The van der Waals surface area contributed by atoms with Crippen LogP contribution in [0.4, 0.5) is 0 Å². The smallest absolute Gasteiger partial charge is 0.303 e. The van der Waals surface area contributed by atoms with Crippen LogP contribution >= 0.6 is 0 Å². The van der Waals surface area contributed by atoms with E-state index in [1.54, 1.807) is 4.31 Å². The summed E-state index contributed by atoms with van der Waals surface area (Å²) >= 11 is 0. The zero-order valence-electron chi connectivity index (χ0n) is 12.7. The number of sulfonamides is 1. The lowest BCUT2D eigenvalue weighted by atomic mass is 9.91. The number of hydrogen-bond acceptors (Lipinski definition) is 3. The molecule has 2 rings (SSSR count). The number of nitrogens with zero attached hydrogens (tertiary/aromatic N) is 1. The fraction of sp³-hybridized carbons (Fsp3) is 0.933. The Morgan fingerprint density at radius 1 is 1.00 bits per heavy atom. The van der Waals surface area contributed by atoms with Gasteiger partial charge in [-0.1, -0.05) is 19.3 Å². The number of carbonyl (C=O) groups is 1. The first-order chi connectivity index (χ1) is 9.97. The van der Waals surface area contributed by atoms with Gasteiger partial charge in [0.15, 0.2) is 0 Å². The van der Waals surface area contributed by atoms with Gasteiger partial charge in [-0.2, -0.15) is 0 Å². The zero-order chi connectivity index (χ0) is 15.3. The van der Waals surface area contributed by atoms with Crippen LogP contribution in [0.25, 0.3) is 0 Å². The SMILES string of the molecule is O=C(O)CCC1CCN(S(=O)(=O)CC2CCCCC2)CC1. The third-order valence-electron chi connectivity index (χ3n) is 4.90. The lowest BCUT2D eigenvalue weighted by Crippen LogP contribution is -2.41. The van der Waals surface area contributed by atoms with E-state index >= 15 is 0 Å². The Hall–Kier alpha value is -0.620. The Morgan fingerprint density at radius 2 is 1.62 bits per heavy atom. The maximum atomic E-state index is 12.5. The molecule has 1 saturated carbocycles. The minimum Gasteiger partial charge on any atom is -0.481 e. The molecular weight excluding hydrogens is 290 g/mol. The minimum atomic E-state index is -3.12. The van der Waals surface area contributed by atoms with Crippen molar-refractivity contribution in [2.75, 3.05) is 18.8 Å². The van der Waals surface area contributed by atoms with E-state index < -0.39 is 16.0 Å². The molecule has 1 saturated heterocycles. The monoisotopic (exact) mass is 317 g/mol. The summed E-state index contributed by atoms with van der Waals surface area (Å²) in [7, 11) is -3.12. The molecule has 21 heavy (non-hydrogen) atoms. The fourth-order valence-electron chi connectivity index (χ4n) is 3.56. The molecule has 0 radical (unpaired) electrons. The van der Waals surface area contributed by atoms with Crippen LogP contribution in [0.15, 0.2) is 0 Å². The highest BCUT2D eigenvalue weighted by molar-refractivity contribution is 7.89. The van der Waals surface area contributed by atoms with Crippen molar-refractivity contribution in [3.8, 4) is 0 Å². The summed E-state index contributed by atoms with van der Waals surface area (Å²) < 4.78 is 26.6. The molecule has 0 aromatic heterocycles. The molecule has 0 aromatic carbocycles. The molecule has 5 nitrogen and oxygen atoms in total. The highest BCUT2D eigenvalue weighted by Gasteiger charge is 2.30. The van der Waals surface area contributed by atoms with Crippen LogP contribution in [0.5, 0.6) is 0 Å². The van der Waals surface area contributed by atoms with Crippen LogP contribution in [0.1, 0.15) is 57.8 Å². The molecule has 1 aliphatic carbocycles. The molecule has 0 spiro atoms. The Bertz CT molecular complexity index is 435. The number of hydrogen-bond donors (Lipinski definition) is 1. The molecule has 1 aliphatic heterocycles. The largest absolute Gasteiger partial charge is 0.481 e. The summed E-state index contributed by atoms with van der Waals surface area (Å²) in [6.07, 6.45) is 8.14. The summed E-state index contributed by atoms with van der Waals surface area (Å²) in [6, 6.07) is 0. The molecule has 0 amide bonds. The van der Waals surface area contributed by atoms with Gasteiger partial charge < -0.3 is 5.11 Å². The van der Waals surface area contributed by atoms with Gasteiger partial charge in [0.05, 0.1) is 5.75 Å². The quantitative estimate of drug-likeness (QED) is 0.816. The van der Waals surface area contributed by atoms with E-state index in [0.29, 0.717) is 37.1 Å². The molecule has 2 aliphatic rings. The maximum Gasteiger partial charge on any atom is 0.303 e. The average molecular weight is 317 g/mol. The summed E-state index contributed by atoms with van der Waals surface area (Å²) in [4.78, 5) is 10.6. The van der Waals surface area contributed by atoms with Gasteiger partial charge in [0.1, 0.15) is 0 Å². The molecule has 1 N–H and O–H groups in total. The second-order valence-corrected chi connectivity index (χ2v) is 8.57. The highest BCUT2D eigenvalue weighted by atomic mass is 32.2. The van der Waals surface area contributed by atoms with Crippen molar-refractivity contribution in [1.29, 1.82) is 0 Å². The van der Waals surface area contributed by atoms with E-state index in [4.69, 9.17) is 5.11 Å². The predicted molar refractivity (Wildman–Crippen MR) is 81.5 cm³/mol. The molecule has 0 aromatic rings. The first kappa shape index (κ1) is 16.7. The second-order valence-electron chi connectivity index (χ2n) is 6.56. The lowest BCUT2D eigenvalue weighted by molar-refractivity contribution is -0.137. The van der Waals surface area contributed by atoms with Crippen molar-refractivity contribution < 1.29 is 18.3 Å². The first-order valence-corrected chi connectivity index (χ1v) is 9.78. The van der Waals surface area contributed by atoms with Gasteiger partial charge in [0.2, 0.25) is 10.0 Å². The molecule has 1 heterocycles. The van der Waals surface area contributed by atoms with Crippen molar-refractivity contribution in [3.63, 3.8) is 0 Å². The summed E-state index contributed by atoms with van der Waals surface area (Å²) in [6.45, 7) is 1.14. The number of piperidine rings is 1. The van der Waals surface area contributed by atoms with Gasteiger partial charge >= 0.3 is 5.97 Å².